The summed E-state index contributed by atoms with van der Waals surface area (Å²) in [5.74, 6) is -4.28. The third kappa shape index (κ3) is 11.3. The molecule has 0 spiro atoms. The summed E-state index contributed by atoms with van der Waals surface area (Å²) in [5.41, 5.74) is 25.9. The molecule has 6 heterocycles. The van der Waals surface area contributed by atoms with Gasteiger partial charge in [-0.25, -0.2) is 58.0 Å². The van der Waals surface area contributed by atoms with Crippen LogP contribution in [0.15, 0.2) is 110 Å². The van der Waals surface area contributed by atoms with Crippen LogP contribution < -0.4 is 17.2 Å². The molecule has 81 heavy (non-hydrogen) atoms. The number of carbonyl (C=O) groups is 3. The zero-order valence-corrected chi connectivity index (χ0v) is 43.6. The van der Waals surface area contributed by atoms with Gasteiger partial charge in [-0.15, -0.1) is 0 Å². The summed E-state index contributed by atoms with van der Waals surface area (Å²) in [4.78, 5) is 73.9. The van der Waals surface area contributed by atoms with Crippen LogP contribution in [0, 0.1) is 56.1 Å². The van der Waals surface area contributed by atoms with E-state index < -0.39 is 35.3 Å². The third-order valence-corrected chi connectivity index (χ3v) is 14.5. The Morgan fingerprint density at radius 1 is 0.383 bits per heavy atom. The Morgan fingerprint density at radius 2 is 0.654 bits per heavy atom. The average Bonchev–Trinajstić information content (AvgIpc) is 2.89. The monoisotopic (exact) mass is 1100 g/mol. The second kappa shape index (κ2) is 22.6. The van der Waals surface area contributed by atoms with Gasteiger partial charge >= 0.3 is 0 Å². The molecule has 0 aliphatic heterocycles. The van der Waals surface area contributed by atoms with Crippen molar-refractivity contribution in [1.82, 2.24) is 44.9 Å². The Labute approximate surface area is 460 Å². The summed E-state index contributed by atoms with van der Waals surface area (Å²) in [7, 11) is 0. The van der Waals surface area contributed by atoms with Crippen LogP contribution in [-0.4, -0.2) is 62.2 Å². The van der Waals surface area contributed by atoms with Crippen molar-refractivity contribution in [3.63, 3.8) is 0 Å². The fourth-order valence-electron chi connectivity index (χ4n) is 11.2. The molecule has 6 N–H and O–H groups in total. The van der Waals surface area contributed by atoms with Gasteiger partial charge in [0.15, 0.2) is 17.3 Å². The van der Waals surface area contributed by atoms with Gasteiger partial charge in [-0.1, -0.05) is 18.2 Å². The van der Waals surface area contributed by atoms with Crippen molar-refractivity contribution in [2.75, 3.05) is 17.2 Å². The number of hydrogen-bond acceptors (Lipinski definition) is 15. The number of aromatic nitrogens is 9. The molecule has 15 nitrogen and oxygen atoms in total. The van der Waals surface area contributed by atoms with Crippen LogP contribution in [-0.2, 0) is 19.3 Å². The van der Waals surface area contributed by atoms with Gasteiger partial charge in [0.25, 0.3) is 0 Å². The fourth-order valence-corrected chi connectivity index (χ4v) is 11.2. The van der Waals surface area contributed by atoms with Gasteiger partial charge in [-0.05, 0) is 164 Å². The lowest BCUT2D eigenvalue weighted by atomic mass is 9.79. The van der Waals surface area contributed by atoms with Gasteiger partial charge in [0.1, 0.15) is 17.5 Å². The van der Waals surface area contributed by atoms with Crippen molar-refractivity contribution in [1.29, 1.82) is 0 Å². The lowest BCUT2D eigenvalue weighted by Gasteiger charge is -2.26. The smallest absolute Gasteiger partial charge is 0.220 e. The standard InChI is InChI=1S/3C20H16F2N4O.H2/c3*1-10-18-16(26-20(23)25-10)7-11(8-17(18)27)13-5-4-12(21)9-15(13)14-3-2-6-24-19(14)22;/h3*2-6,9,11H,7-8H2,1H3,(H2,23,25,26);1H/t2*11-;;/m10../s1. The Morgan fingerprint density at radius 3 is 0.914 bits per heavy atom. The molecule has 1 unspecified atom stereocenters. The zero-order chi connectivity index (χ0) is 57.4. The van der Waals surface area contributed by atoms with Crippen LogP contribution in [0.5, 0.6) is 0 Å². The molecular weight excluding hydrogens is 1050 g/mol. The van der Waals surface area contributed by atoms with E-state index in [0.717, 1.165) is 0 Å². The molecule has 0 fully saturated rings. The molecule has 6 aromatic heterocycles. The number of rotatable bonds is 6. The van der Waals surface area contributed by atoms with Gasteiger partial charge in [-0.2, -0.15) is 13.2 Å². The number of hydrogen-bond donors (Lipinski definition) is 3. The average molecular weight is 1100 g/mol. The summed E-state index contributed by atoms with van der Waals surface area (Å²) in [6.07, 6.45) is 5.95. The van der Waals surface area contributed by atoms with Crippen molar-refractivity contribution < 1.29 is 42.2 Å². The molecule has 0 saturated carbocycles. The maximum atomic E-state index is 14.2. The van der Waals surface area contributed by atoms with Crippen LogP contribution in [0.25, 0.3) is 33.4 Å². The number of nitrogens with zero attached hydrogens (tertiary/aromatic N) is 9. The first kappa shape index (κ1) is 54.7. The highest BCUT2D eigenvalue weighted by Gasteiger charge is 2.35. The first-order valence-corrected chi connectivity index (χ1v) is 25.5. The Hall–Kier alpha value is -9.66. The minimum absolute atomic E-state index is 0. The van der Waals surface area contributed by atoms with Crippen molar-refractivity contribution >= 4 is 35.2 Å². The molecule has 0 bridgehead atoms. The third-order valence-electron chi connectivity index (χ3n) is 14.5. The molecule has 0 amide bonds. The number of Topliss-reactive ketones (excluding diaryl/α,β-unsaturated/α-hetero) is 3. The molecule has 410 valence electrons. The van der Waals surface area contributed by atoms with Crippen molar-refractivity contribution in [3.8, 4) is 33.4 Å². The maximum Gasteiger partial charge on any atom is 0.220 e. The first-order chi connectivity index (χ1) is 38.8. The molecule has 0 saturated heterocycles. The van der Waals surface area contributed by atoms with Crippen LogP contribution in [0.1, 0.15) is 120 Å². The lowest BCUT2D eigenvalue weighted by Crippen LogP contribution is -2.23. The van der Waals surface area contributed by atoms with Crippen LogP contribution in [0.2, 0.25) is 0 Å². The number of ketones is 3. The quantitative estimate of drug-likeness (QED) is 0.104. The highest BCUT2D eigenvalue weighted by Crippen LogP contribution is 2.42. The number of pyridine rings is 3. The number of anilines is 3. The SMILES string of the molecule is Cc1nc(N)nc2c1C(=O)CC(c1ccc(F)cc1-c1cccnc1F)C2.Cc1nc(N)nc2c1C(=O)C[C@@H](c1ccc(F)cc1-c1cccnc1F)C2.Cc1nc(N)nc2c1C(=O)C[C@H](c1ccc(F)cc1-c1cccnc1F)C2.[HH]. The number of fused-ring (bicyclic) bond motifs is 3. The van der Waals surface area contributed by atoms with E-state index in [1.165, 1.54) is 55.0 Å². The van der Waals surface area contributed by atoms with E-state index in [2.05, 4.69) is 44.9 Å². The second-order valence-corrected chi connectivity index (χ2v) is 19.8. The fraction of sp³-hybridized carbons (Fsp3) is 0.200. The van der Waals surface area contributed by atoms with Crippen molar-refractivity contribution in [2.45, 2.75) is 77.0 Å². The maximum absolute atomic E-state index is 14.2. The highest BCUT2D eigenvalue weighted by atomic mass is 19.1. The van der Waals surface area contributed by atoms with E-state index in [1.54, 1.807) is 75.4 Å². The number of nitrogens with two attached hydrogens (primary N) is 3. The summed E-state index contributed by atoms with van der Waals surface area (Å²) in [5, 5.41) is 0. The molecule has 12 rings (SSSR count). The van der Waals surface area contributed by atoms with E-state index in [1.807, 2.05) is 0 Å². The Bertz CT molecular complexity index is 3620. The van der Waals surface area contributed by atoms with E-state index in [4.69, 9.17) is 17.2 Å². The molecule has 3 aliphatic carbocycles. The van der Waals surface area contributed by atoms with Gasteiger partial charge < -0.3 is 17.2 Å². The lowest BCUT2D eigenvalue weighted by molar-refractivity contribution is 0.0953. The molecule has 3 atom stereocenters. The van der Waals surface area contributed by atoms with Gasteiger partial charge in [-0.3, -0.25) is 14.4 Å². The van der Waals surface area contributed by atoms with Crippen LogP contribution >= 0.6 is 0 Å². The van der Waals surface area contributed by atoms with E-state index in [0.29, 0.717) is 103 Å². The number of benzene rings is 3. The zero-order valence-electron chi connectivity index (χ0n) is 43.6. The predicted molar refractivity (Wildman–Crippen MR) is 291 cm³/mol. The van der Waals surface area contributed by atoms with Gasteiger partial charge in [0, 0.05) is 56.0 Å². The molecule has 21 heteroatoms. The number of aryl methyl sites for hydroxylation is 3. The topological polar surface area (TPSA) is 245 Å². The van der Waals surface area contributed by atoms with Crippen LogP contribution in [0.4, 0.5) is 44.2 Å². The van der Waals surface area contributed by atoms with E-state index in [9.17, 15) is 40.7 Å². The number of nitrogen functional groups attached to an aromatic ring is 3. The van der Waals surface area contributed by atoms with Crippen LogP contribution in [0.3, 0.4) is 0 Å². The highest BCUT2D eigenvalue weighted by molar-refractivity contribution is 6.01. The Kier molecular flexibility index (Phi) is 15.3. The Balaban J connectivity index is 0.000000147. The number of carbonyl (C=O) groups excluding carboxylic acids is 3. The molecule has 3 aliphatic rings. The summed E-state index contributed by atoms with van der Waals surface area (Å²) < 4.78 is 84.4. The van der Waals surface area contributed by atoms with Gasteiger partial charge in [0.05, 0.1) is 50.9 Å². The second-order valence-electron chi connectivity index (χ2n) is 19.8. The van der Waals surface area contributed by atoms with Crippen molar-refractivity contribution in [3.05, 3.63) is 212 Å². The predicted octanol–water partition coefficient (Wildman–Crippen LogP) is 11.1. The van der Waals surface area contributed by atoms with E-state index >= 15 is 0 Å². The number of halogens is 6. The summed E-state index contributed by atoms with van der Waals surface area (Å²) in [6, 6.07) is 21.9. The minimum atomic E-state index is -0.686. The summed E-state index contributed by atoms with van der Waals surface area (Å²) >= 11 is 0. The van der Waals surface area contributed by atoms with Crippen molar-refractivity contribution in [2.24, 2.45) is 0 Å². The minimum Gasteiger partial charge on any atom is -0.368 e. The summed E-state index contributed by atoms with van der Waals surface area (Å²) in [6.45, 7) is 5.18. The largest absolute Gasteiger partial charge is 0.368 e. The van der Waals surface area contributed by atoms with Gasteiger partial charge in [0.2, 0.25) is 35.7 Å². The molecule has 0 radical (unpaired) electrons. The molecule has 9 aromatic rings. The van der Waals surface area contributed by atoms with E-state index in [-0.39, 0.29) is 90.3 Å². The molecular formula is C60H50F6N12O3. The first-order valence-electron chi connectivity index (χ1n) is 25.5. The normalized spacial score (nSPS) is 16.3. The molecule has 3 aromatic carbocycles.